The summed E-state index contributed by atoms with van der Waals surface area (Å²) in [7, 11) is 0. The summed E-state index contributed by atoms with van der Waals surface area (Å²) in [6, 6.07) is 17.2. The van der Waals surface area contributed by atoms with Crippen molar-refractivity contribution in [2.24, 2.45) is 0 Å². The van der Waals surface area contributed by atoms with Gasteiger partial charge in [-0.25, -0.2) is 4.85 Å². The van der Waals surface area contributed by atoms with Crippen LogP contribution in [0.2, 0.25) is 0 Å². The second kappa shape index (κ2) is 16.0. The normalized spacial score (nSPS) is 21.0. The third kappa shape index (κ3) is 9.24. The van der Waals surface area contributed by atoms with Crippen molar-refractivity contribution in [1.82, 2.24) is 10.2 Å². The van der Waals surface area contributed by atoms with Crippen molar-refractivity contribution in [2.45, 2.75) is 35.8 Å². The van der Waals surface area contributed by atoms with Gasteiger partial charge >= 0.3 is 0 Å². The molecule has 1 N–H and O–H groups in total. The first kappa shape index (κ1) is 32.0. The lowest BCUT2D eigenvalue weighted by Crippen LogP contribution is -2.35. The van der Waals surface area contributed by atoms with E-state index in [0.717, 1.165) is 56.7 Å². The fourth-order valence-electron chi connectivity index (χ4n) is 4.73. The summed E-state index contributed by atoms with van der Waals surface area (Å²) in [5.41, 5.74) is 6.07. The summed E-state index contributed by atoms with van der Waals surface area (Å²) in [6.45, 7) is 11.4. The van der Waals surface area contributed by atoms with E-state index in [9.17, 15) is 9.59 Å². The van der Waals surface area contributed by atoms with Crippen LogP contribution in [-0.4, -0.2) is 51.8 Å². The van der Waals surface area contributed by atoms with Gasteiger partial charge in [0.1, 0.15) is 0 Å². The Morgan fingerprint density at radius 2 is 1.73 bits per heavy atom. The molecule has 2 unspecified atom stereocenters. The quantitative estimate of drug-likeness (QED) is 0.323. The summed E-state index contributed by atoms with van der Waals surface area (Å²) < 4.78 is 0. The van der Waals surface area contributed by atoms with Crippen LogP contribution in [-0.2, 0) is 22.0 Å². The molecule has 0 aliphatic carbocycles. The van der Waals surface area contributed by atoms with Crippen molar-refractivity contribution in [1.29, 1.82) is 5.26 Å². The number of hydrogen-bond donors (Lipinski definition) is 1. The van der Waals surface area contributed by atoms with Crippen molar-refractivity contribution < 1.29 is 9.59 Å². The van der Waals surface area contributed by atoms with Crippen molar-refractivity contribution in [3.63, 3.8) is 0 Å². The lowest BCUT2D eigenvalue weighted by molar-refractivity contribution is -0.107. The number of piperidine rings is 2. The maximum atomic E-state index is 11.4. The van der Waals surface area contributed by atoms with Gasteiger partial charge in [0.15, 0.2) is 5.69 Å². The van der Waals surface area contributed by atoms with Gasteiger partial charge in [-0.05, 0) is 65.9 Å². The predicted octanol–water partition coefficient (Wildman–Crippen LogP) is 6.28. The first-order chi connectivity index (χ1) is 19.0. The monoisotopic (exact) mass is 612 g/mol. The molecule has 4 heterocycles. The van der Waals surface area contributed by atoms with E-state index >= 15 is 0 Å². The van der Waals surface area contributed by atoms with E-state index in [0.29, 0.717) is 27.6 Å². The molecule has 2 atom stereocenters. The fourth-order valence-corrected chi connectivity index (χ4v) is 6.96. The number of carbonyl (C=O) groups is 2. The molecule has 2 aromatic rings. The van der Waals surface area contributed by atoms with Crippen molar-refractivity contribution in [3.05, 3.63) is 99.9 Å². The fraction of sp³-hybridized carbons (Fsp3) is 0.333. The molecular formula is C30H30Cl2N4O2S2. The average molecular weight is 614 g/mol. The number of thioether (sulfide) groups is 2. The van der Waals surface area contributed by atoms with Crippen LogP contribution in [0.25, 0.3) is 4.85 Å². The van der Waals surface area contributed by atoms with Gasteiger partial charge in [0.2, 0.25) is 10.2 Å². The van der Waals surface area contributed by atoms with Gasteiger partial charge in [-0.1, -0.05) is 59.9 Å². The van der Waals surface area contributed by atoms with E-state index in [-0.39, 0.29) is 22.6 Å². The molecule has 0 saturated carbocycles. The van der Waals surface area contributed by atoms with Crippen LogP contribution in [0.4, 0.5) is 5.69 Å². The zero-order chi connectivity index (χ0) is 27.6. The van der Waals surface area contributed by atoms with E-state index in [1.165, 1.54) is 34.7 Å². The second-order valence-corrected chi connectivity index (χ2v) is 12.2. The molecule has 2 aromatic carbocycles. The molecule has 208 valence electrons. The Hall–Kier alpha value is -2.56. The highest BCUT2D eigenvalue weighted by molar-refractivity contribution is 8.15. The average Bonchev–Trinajstić information content (AvgIpc) is 3.53. The van der Waals surface area contributed by atoms with E-state index < -0.39 is 0 Å². The third-order valence-corrected chi connectivity index (χ3v) is 9.29. The maximum absolute atomic E-state index is 11.4. The van der Waals surface area contributed by atoms with Crippen LogP contribution in [0.3, 0.4) is 0 Å². The van der Waals surface area contributed by atoms with Crippen molar-refractivity contribution in [2.75, 3.05) is 26.2 Å². The first-order valence-corrected chi connectivity index (χ1v) is 15.0. The van der Waals surface area contributed by atoms with E-state index in [1.54, 1.807) is 24.3 Å². The molecule has 2 fully saturated rings. The highest BCUT2D eigenvalue weighted by Gasteiger charge is 2.31. The number of nitriles is 1. The van der Waals surface area contributed by atoms with E-state index in [2.05, 4.69) is 27.2 Å². The van der Waals surface area contributed by atoms with Gasteiger partial charge < -0.3 is 5.32 Å². The molecular weight excluding hydrogens is 583 g/mol. The Labute approximate surface area is 255 Å². The Morgan fingerprint density at radius 3 is 2.42 bits per heavy atom. The summed E-state index contributed by atoms with van der Waals surface area (Å²) in [6.07, 6.45) is 5.73. The molecule has 2 saturated heterocycles. The largest absolute Gasteiger partial charge is 0.313 e. The van der Waals surface area contributed by atoms with Crippen LogP contribution in [0.15, 0.2) is 71.8 Å². The van der Waals surface area contributed by atoms with Crippen molar-refractivity contribution in [3.8, 4) is 6.07 Å². The summed E-state index contributed by atoms with van der Waals surface area (Å²) in [5.74, 6) is 0.476. The number of rotatable bonds is 3. The molecule has 6 nitrogen and oxygen atoms in total. The standard InChI is InChI=1S/C15H14N2OS.C8H6ClN.C7H9NOS.ClH/c16-8-11-2-1-3-12(6-11)9-17-5-4-14-13(10-17)7-15(18)19-14;1-10-8-4-2-3-7(5-8)6-9;9-7-3-5-4-8-2-1-6(5)10-7;/h1-3,6-7,14H,4-5,9-10H2;2-5H,6H2;3,6,8H,1-2,4H2;1H. The molecule has 4 aliphatic rings. The zero-order valence-electron chi connectivity index (χ0n) is 21.8. The Balaban J connectivity index is 0.000000178. The number of nitrogens with one attached hydrogen (secondary N) is 1. The highest BCUT2D eigenvalue weighted by atomic mass is 35.5. The molecule has 0 spiro atoms. The second-order valence-electron chi connectivity index (χ2n) is 9.48. The lowest BCUT2D eigenvalue weighted by atomic mass is 10.0. The molecule has 0 aromatic heterocycles. The number of benzene rings is 2. The number of hydrogen-bond acceptors (Lipinski definition) is 7. The van der Waals surface area contributed by atoms with Gasteiger partial charge in [-0.2, -0.15) is 5.26 Å². The highest BCUT2D eigenvalue weighted by Crippen LogP contribution is 2.35. The van der Waals surface area contributed by atoms with E-state index in [1.807, 2.05) is 30.3 Å². The third-order valence-electron chi connectivity index (χ3n) is 6.63. The summed E-state index contributed by atoms with van der Waals surface area (Å²) >= 11 is 8.49. The van der Waals surface area contributed by atoms with E-state index in [4.69, 9.17) is 23.4 Å². The summed E-state index contributed by atoms with van der Waals surface area (Å²) in [4.78, 5) is 27.9. The minimum Gasteiger partial charge on any atom is -0.313 e. The summed E-state index contributed by atoms with van der Waals surface area (Å²) in [5, 5.41) is 13.5. The number of nitrogens with zero attached hydrogens (tertiary/aromatic N) is 3. The smallest absolute Gasteiger partial charge is 0.212 e. The zero-order valence-corrected chi connectivity index (χ0v) is 25.1. The molecule has 4 aliphatic heterocycles. The minimum atomic E-state index is 0. The van der Waals surface area contributed by atoms with Gasteiger partial charge in [0.05, 0.1) is 18.2 Å². The van der Waals surface area contributed by atoms with Gasteiger partial charge in [0, 0.05) is 42.6 Å². The Morgan fingerprint density at radius 1 is 1.02 bits per heavy atom. The Kier molecular flexibility index (Phi) is 12.8. The van der Waals surface area contributed by atoms with Gasteiger partial charge in [-0.15, -0.1) is 24.0 Å². The van der Waals surface area contributed by atoms with Crippen LogP contribution >= 0.6 is 47.5 Å². The predicted molar refractivity (Wildman–Crippen MR) is 167 cm³/mol. The van der Waals surface area contributed by atoms with Gasteiger partial charge in [0.25, 0.3) is 0 Å². The minimum absolute atomic E-state index is 0. The lowest BCUT2D eigenvalue weighted by Gasteiger charge is -2.31. The number of likely N-dealkylation sites (tertiary alicyclic amines) is 1. The first-order valence-electron chi connectivity index (χ1n) is 12.7. The maximum Gasteiger partial charge on any atom is 0.212 e. The topological polar surface area (TPSA) is 77.6 Å². The van der Waals surface area contributed by atoms with Crippen LogP contribution in [0, 0.1) is 17.9 Å². The number of carbonyl (C=O) groups excluding carboxylic acids is 2. The van der Waals surface area contributed by atoms with Crippen LogP contribution in [0.1, 0.15) is 29.5 Å². The molecule has 40 heavy (non-hydrogen) atoms. The number of alkyl halides is 1. The molecule has 0 radical (unpaired) electrons. The number of fused-ring (bicyclic) bond motifs is 2. The van der Waals surface area contributed by atoms with Gasteiger partial charge in [-0.3, -0.25) is 14.5 Å². The molecule has 0 amide bonds. The Bertz CT molecular complexity index is 1370. The van der Waals surface area contributed by atoms with Crippen LogP contribution in [0.5, 0.6) is 0 Å². The van der Waals surface area contributed by atoms with Crippen LogP contribution < -0.4 is 5.32 Å². The molecule has 10 heteroatoms. The molecule has 0 bridgehead atoms. The number of halogens is 2. The molecule has 6 rings (SSSR count). The van der Waals surface area contributed by atoms with Crippen molar-refractivity contribution >= 4 is 63.4 Å². The SMILES string of the molecule is Cl.N#Cc1cccc(CN2CCC3SC(=O)C=C3C2)c1.O=C1C=C2CNCCC2S1.[C-]#[N+]c1cccc(CCl)c1.